The van der Waals surface area contributed by atoms with Crippen LogP contribution < -0.4 is 0 Å². The van der Waals surface area contributed by atoms with Crippen molar-refractivity contribution in [1.29, 1.82) is 0 Å². The molecule has 7 heteroatoms. The van der Waals surface area contributed by atoms with Gasteiger partial charge in [0, 0.05) is 32.5 Å². The number of likely N-dealkylation sites (tertiary alicyclic amines) is 2. The quantitative estimate of drug-likeness (QED) is 0.835. The van der Waals surface area contributed by atoms with Gasteiger partial charge in [-0.3, -0.25) is 9.59 Å². The number of rotatable bonds is 3. The fraction of sp³-hybridized carbons (Fsp3) is 0.733. The predicted octanol–water partition coefficient (Wildman–Crippen LogP) is 1.09. The third-order valence-electron chi connectivity index (χ3n) is 4.91. The molecule has 4 rings (SSSR count). The van der Waals surface area contributed by atoms with E-state index >= 15 is 0 Å². The highest BCUT2D eigenvalue weighted by Crippen LogP contribution is 2.40. The maximum Gasteiger partial charge on any atom is 0.249 e. The first-order valence-electron chi connectivity index (χ1n) is 8.01. The van der Waals surface area contributed by atoms with Crippen LogP contribution in [0.4, 0.5) is 0 Å². The summed E-state index contributed by atoms with van der Waals surface area (Å²) in [4.78, 5) is 32.3. The smallest absolute Gasteiger partial charge is 0.249 e. The molecule has 22 heavy (non-hydrogen) atoms. The van der Waals surface area contributed by atoms with Gasteiger partial charge in [-0.05, 0) is 25.7 Å². The Morgan fingerprint density at radius 3 is 2.82 bits per heavy atom. The molecule has 2 saturated heterocycles. The number of aromatic nitrogens is 2. The van der Waals surface area contributed by atoms with E-state index in [9.17, 15) is 9.59 Å². The van der Waals surface area contributed by atoms with E-state index in [1.165, 1.54) is 0 Å². The average Bonchev–Trinajstić information content (AvgIpc) is 2.93. The summed E-state index contributed by atoms with van der Waals surface area (Å²) >= 11 is 0. The molecule has 0 spiro atoms. The van der Waals surface area contributed by atoms with Gasteiger partial charge in [-0.25, -0.2) is 0 Å². The molecular formula is C15H20N4O3. The topological polar surface area (TPSA) is 79.5 Å². The van der Waals surface area contributed by atoms with Crippen LogP contribution in [0.25, 0.3) is 0 Å². The second-order valence-electron chi connectivity index (χ2n) is 6.63. The third-order valence-corrected chi connectivity index (χ3v) is 4.91. The maximum absolute atomic E-state index is 12.7. The van der Waals surface area contributed by atoms with Crippen LogP contribution in [0, 0.1) is 5.92 Å². The fourth-order valence-electron chi connectivity index (χ4n) is 3.44. The van der Waals surface area contributed by atoms with Crippen LogP contribution >= 0.6 is 0 Å². The second kappa shape index (κ2) is 5.07. The van der Waals surface area contributed by atoms with Crippen molar-refractivity contribution in [2.45, 2.75) is 44.1 Å². The van der Waals surface area contributed by atoms with Gasteiger partial charge in [-0.1, -0.05) is 5.16 Å². The third kappa shape index (κ3) is 2.28. The lowest BCUT2D eigenvalue weighted by molar-refractivity contribution is -0.137. The predicted molar refractivity (Wildman–Crippen MR) is 75.7 cm³/mol. The van der Waals surface area contributed by atoms with E-state index < -0.39 is 0 Å². The van der Waals surface area contributed by atoms with Gasteiger partial charge in [0.05, 0.1) is 5.92 Å². The zero-order valence-corrected chi connectivity index (χ0v) is 12.7. The molecule has 0 bridgehead atoms. The minimum atomic E-state index is -0.232. The Bertz CT molecular complexity index is 610. The van der Waals surface area contributed by atoms with Gasteiger partial charge in [0.1, 0.15) is 6.04 Å². The van der Waals surface area contributed by atoms with Crippen molar-refractivity contribution in [3.05, 3.63) is 11.7 Å². The number of carbonyl (C=O) groups excluding carboxylic acids is 2. The zero-order valence-electron chi connectivity index (χ0n) is 12.7. The van der Waals surface area contributed by atoms with Crippen molar-refractivity contribution in [3.8, 4) is 0 Å². The molecule has 3 heterocycles. The van der Waals surface area contributed by atoms with Crippen LogP contribution in [0.1, 0.15) is 55.8 Å². The van der Waals surface area contributed by atoms with E-state index in [0.717, 1.165) is 31.5 Å². The lowest BCUT2D eigenvalue weighted by Gasteiger charge is -2.24. The van der Waals surface area contributed by atoms with Gasteiger partial charge in [0.2, 0.25) is 17.7 Å². The lowest BCUT2D eigenvalue weighted by atomic mass is 10.1. The van der Waals surface area contributed by atoms with Crippen LogP contribution in [0.15, 0.2) is 4.52 Å². The minimum Gasteiger partial charge on any atom is -0.345 e. The van der Waals surface area contributed by atoms with Crippen molar-refractivity contribution in [1.82, 2.24) is 19.9 Å². The summed E-state index contributed by atoms with van der Waals surface area (Å²) in [6, 6.07) is -0.117. The van der Waals surface area contributed by atoms with Crippen molar-refractivity contribution in [3.63, 3.8) is 0 Å². The van der Waals surface area contributed by atoms with Gasteiger partial charge in [-0.2, -0.15) is 4.98 Å². The molecule has 1 aliphatic carbocycles. The number of nitrogens with zero attached hydrogens (tertiary/aromatic N) is 4. The van der Waals surface area contributed by atoms with Gasteiger partial charge in [0.15, 0.2) is 5.82 Å². The van der Waals surface area contributed by atoms with Crippen LogP contribution in [-0.4, -0.2) is 51.9 Å². The number of hydrogen-bond acceptors (Lipinski definition) is 5. The highest BCUT2D eigenvalue weighted by molar-refractivity contribution is 5.89. The van der Waals surface area contributed by atoms with E-state index in [0.29, 0.717) is 31.3 Å². The van der Waals surface area contributed by atoms with E-state index in [1.807, 2.05) is 4.90 Å². The first-order chi connectivity index (χ1) is 10.6. The Labute approximate surface area is 128 Å². The number of hydrogen-bond donors (Lipinski definition) is 0. The van der Waals surface area contributed by atoms with Gasteiger partial charge in [-0.15, -0.1) is 0 Å². The summed E-state index contributed by atoms with van der Waals surface area (Å²) in [6.07, 6.45) is 4.37. The molecule has 0 aromatic carbocycles. The first kappa shape index (κ1) is 13.7. The van der Waals surface area contributed by atoms with Crippen LogP contribution in [0.5, 0.6) is 0 Å². The molecule has 2 unspecified atom stereocenters. The summed E-state index contributed by atoms with van der Waals surface area (Å²) in [5.41, 5.74) is 0. The Morgan fingerprint density at radius 1 is 1.32 bits per heavy atom. The zero-order chi connectivity index (χ0) is 15.3. The molecule has 2 aliphatic heterocycles. The molecule has 7 nitrogen and oxygen atoms in total. The Balaban J connectivity index is 1.50. The molecule has 118 valence electrons. The van der Waals surface area contributed by atoms with E-state index in [-0.39, 0.29) is 23.8 Å². The summed E-state index contributed by atoms with van der Waals surface area (Å²) in [7, 11) is 1.75. The number of amides is 2. The molecule has 1 aromatic heterocycles. The summed E-state index contributed by atoms with van der Waals surface area (Å²) < 4.78 is 5.40. The summed E-state index contributed by atoms with van der Waals surface area (Å²) in [5.74, 6) is 1.65. The minimum absolute atomic E-state index is 0.0444. The monoisotopic (exact) mass is 304 g/mol. The lowest BCUT2D eigenvalue weighted by Crippen LogP contribution is -2.36. The van der Waals surface area contributed by atoms with Crippen molar-refractivity contribution < 1.29 is 14.1 Å². The van der Waals surface area contributed by atoms with Crippen molar-refractivity contribution in [2.24, 2.45) is 5.92 Å². The highest BCUT2D eigenvalue weighted by Gasteiger charge is 2.41. The molecule has 1 aromatic rings. The standard InChI is InChI=1S/C15H20N4O3/c1-18-8-10(7-12(18)20)15(21)19-6-2-3-11(19)14-16-13(17-22-14)9-4-5-9/h9-11H,2-8H2,1H3. The first-order valence-corrected chi connectivity index (χ1v) is 8.01. The summed E-state index contributed by atoms with van der Waals surface area (Å²) in [5, 5.41) is 4.05. The maximum atomic E-state index is 12.7. The molecule has 3 aliphatic rings. The molecule has 2 atom stereocenters. The van der Waals surface area contributed by atoms with E-state index in [1.54, 1.807) is 11.9 Å². The average molecular weight is 304 g/mol. The molecule has 0 radical (unpaired) electrons. The molecule has 0 N–H and O–H groups in total. The van der Waals surface area contributed by atoms with Gasteiger partial charge in [0.25, 0.3) is 0 Å². The van der Waals surface area contributed by atoms with Crippen LogP contribution in [-0.2, 0) is 9.59 Å². The van der Waals surface area contributed by atoms with E-state index in [2.05, 4.69) is 10.1 Å². The highest BCUT2D eigenvalue weighted by atomic mass is 16.5. The van der Waals surface area contributed by atoms with Crippen molar-refractivity contribution >= 4 is 11.8 Å². The van der Waals surface area contributed by atoms with E-state index in [4.69, 9.17) is 4.52 Å². The largest absolute Gasteiger partial charge is 0.345 e. The normalized spacial score (nSPS) is 28.7. The fourth-order valence-corrected chi connectivity index (χ4v) is 3.44. The molecular weight excluding hydrogens is 284 g/mol. The Morgan fingerprint density at radius 2 is 2.14 bits per heavy atom. The second-order valence-corrected chi connectivity index (χ2v) is 6.63. The number of carbonyl (C=O) groups is 2. The summed E-state index contributed by atoms with van der Waals surface area (Å²) in [6.45, 7) is 1.22. The molecule has 3 fully saturated rings. The van der Waals surface area contributed by atoms with Gasteiger partial charge >= 0.3 is 0 Å². The Hall–Kier alpha value is -1.92. The van der Waals surface area contributed by atoms with Gasteiger partial charge < -0.3 is 14.3 Å². The van der Waals surface area contributed by atoms with Crippen LogP contribution in [0.3, 0.4) is 0 Å². The Kier molecular flexibility index (Phi) is 3.16. The molecule has 1 saturated carbocycles. The SMILES string of the molecule is CN1CC(C(=O)N2CCCC2c2nc(C3CC3)no2)CC1=O. The molecule has 2 amide bonds. The van der Waals surface area contributed by atoms with Crippen molar-refractivity contribution in [2.75, 3.05) is 20.1 Å². The van der Waals surface area contributed by atoms with Crippen LogP contribution in [0.2, 0.25) is 0 Å².